The molecule has 0 N–H and O–H groups in total. The summed E-state index contributed by atoms with van der Waals surface area (Å²) in [6, 6.07) is 8.94. The lowest BCUT2D eigenvalue weighted by atomic mass is 10.1. The van der Waals surface area contributed by atoms with Crippen molar-refractivity contribution in [2.45, 2.75) is 20.8 Å². The van der Waals surface area contributed by atoms with E-state index in [0.29, 0.717) is 11.5 Å². The highest BCUT2D eigenvalue weighted by Gasteiger charge is 2.11. The normalized spacial score (nSPS) is 11.2. The minimum atomic E-state index is -0.216. The SMILES string of the molecule is Cc1cc(C)c2oc(-c3ccc(F)c(C)c3)nc2c1. The Morgan fingerprint density at radius 3 is 2.53 bits per heavy atom. The highest BCUT2D eigenvalue weighted by molar-refractivity contribution is 5.80. The summed E-state index contributed by atoms with van der Waals surface area (Å²) in [5.41, 5.74) is 5.24. The largest absolute Gasteiger partial charge is 0.436 e. The maximum absolute atomic E-state index is 13.3. The molecule has 3 rings (SSSR count). The van der Waals surface area contributed by atoms with Crippen LogP contribution in [0, 0.1) is 26.6 Å². The van der Waals surface area contributed by atoms with Gasteiger partial charge in [-0.2, -0.15) is 0 Å². The predicted molar refractivity (Wildman–Crippen MR) is 73.6 cm³/mol. The van der Waals surface area contributed by atoms with Crippen molar-refractivity contribution in [1.29, 1.82) is 0 Å². The lowest BCUT2D eigenvalue weighted by Crippen LogP contribution is -1.84. The van der Waals surface area contributed by atoms with E-state index >= 15 is 0 Å². The van der Waals surface area contributed by atoms with E-state index in [4.69, 9.17) is 4.42 Å². The molecule has 96 valence electrons. The Morgan fingerprint density at radius 2 is 1.79 bits per heavy atom. The summed E-state index contributed by atoms with van der Waals surface area (Å²) >= 11 is 0. The fourth-order valence-corrected chi connectivity index (χ4v) is 2.28. The van der Waals surface area contributed by atoms with Crippen LogP contribution in [0.5, 0.6) is 0 Å². The van der Waals surface area contributed by atoms with E-state index < -0.39 is 0 Å². The van der Waals surface area contributed by atoms with Gasteiger partial charge in [0.05, 0.1) is 0 Å². The third kappa shape index (κ3) is 2.01. The zero-order chi connectivity index (χ0) is 13.6. The molecule has 0 bridgehead atoms. The van der Waals surface area contributed by atoms with Crippen molar-refractivity contribution < 1.29 is 8.81 Å². The summed E-state index contributed by atoms with van der Waals surface area (Å²) < 4.78 is 19.1. The number of hydrogen-bond donors (Lipinski definition) is 0. The van der Waals surface area contributed by atoms with Crippen LogP contribution in [0.3, 0.4) is 0 Å². The Balaban J connectivity index is 2.20. The molecule has 0 aliphatic heterocycles. The van der Waals surface area contributed by atoms with Crippen LogP contribution >= 0.6 is 0 Å². The molecule has 19 heavy (non-hydrogen) atoms. The van der Waals surface area contributed by atoms with Gasteiger partial charge in [0.1, 0.15) is 11.3 Å². The number of hydrogen-bond acceptors (Lipinski definition) is 2. The molecule has 0 fully saturated rings. The van der Waals surface area contributed by atoms with Gasteiger partial charge in [-0.25, -0.2) is 9.37 Å². The number of aryl methyl sites for hydroxylation is 3. The molecular weight excluding hydrogens is 241 g/mol. The van der Waals surface area contributed by atoms with E-state index in [2.05, 4.69) is 11.1 Å². The average molecular weight is 255 g/mol. The smallest absolute Gasteiger partial charge is 0.227 e. The van der Waals surface area contributed by atoms with Crippen molar-refractivity contribution in [1.82, 2.24) is 4.98 Å². The Labute approximate surface area is 110 Å². The molecule has 3 aromatic rings. The van der Waals surface area contributed by atoms with Crippen LogP contribution in [0.4, 0.5) is 4.39 Å². The summed E-state index contributed by atoms with van der Waals surface area (Å²) in [4.78, 5) is 4.49. The van der Waals surface area contributed by atoms with Crippen molar-refractivity contribution in [3.8, 4) is 11.5 Å². The van der Waals surface area contributed by atoms with Gasteiger partial charge in [-0.1, -0.05) is 6.07 Å². The first-order valence-corrected chi connectivity index (χ1v) is 6.19. The monoisotopic (exact) mass is 255 g/mol. The van der Waals surface area contributed by atoms with E-state index in [9.17, 15) is 4.39 Å². The first kappa shape index (κ1) is 11.9. The molecule has 0 aliphatic rings. The third-order valence-corrected chi connectivity index (χ3v) is 3.22. The van der Waals surface area contributed by atoms with Gasteiger partial charge in [-0.3, -0.25) is 0 Å². The van der Waals surface area contributed by atoms with Gasteiger partial charge in [0.2, 0.25) is 5.89 Å². The number of nitrogens with zero attached hydrogens (tertiary/aromatic N) is 1. The lowest BCUT2D eigenvalue weighted by Gasteiger charge is -1.98. The Hall–Kier alpha value is -2.16. The van der Waals surface area contributed by atoms with Crippen LogP contribution in [-0.4, -0.2) is 4.98 Å². The number of oxazole rings is 1. The molecule has 1 aromatic heterocycles. The number of aromatic nitrogens is 1. The topological polar surface area (TPSA) is 26.0 Å². The molecule has 0 saturated carbocycles. The first-order chi connectivity index (χ1) is 9.04. The van der Waals surface area contributed by atoms with Crippen LogP contribution < -0.4 is 0 Å². The van der Waals surface area contributed by atoms with Crippen LogP contribution in [0.1, 0.15) is 16.7 Å². The standard InChI is InChI=1S/C16H14FNO/c1-9-6-11(3)15-14(7-9)18-16(19-15)12-4-5-13(17)10(2)8-12/h4-8H,1-3H3. The highest BCUT2D eigenvalue weighted by atomic mass is 19.1. The minimum absolute atomic E-state index is 0.216. The average Bonchev–Trinajstić information content (AvgIpc) is 2.76. The Kier molecular flexibility index (Phi) is 2.63. The second-order valence-electron chi connectivity index (χ2n) is 4.91. The molecule has 2 aromatic carbocycles. The van der Waals surface area contributed by atoms with Crippen molar-refractivity contribution in [2.75, 3.05) is 0 Å². The molecule has 0 saturated heterocycles. The fourth-order valence-electron chi connectivity index (χ4n) is 2.28. The Morgan fingerprint density at radius 1 is 1.00 bits per heavy atom. The second-order valence-corrected chi connectivity index (χ2v) is 4.91. The summed E-state index contributed by atoms with van der Waals surface area (Å²) in [6.07, 6.45) is 0. The van der Waals surface area contributed by atoms with Crippen molar-refractivity contribution in [3.63, 3.8) is 0 Å². The molecule has 0 radical (unpaired) electrons. The molecule has 2 nitrogen and oxygen atoms in total. The highest BCUT2D eigenvalue weighted by Crippen LogP contribution is 2.28. The van der Waals surface area contributed by atoms with Gasteiger partial charge < -0.3 is 4.42 Å². The van der Waals surface area contributed by atoms with Gasteiger partial charge in [0.25, 0.3) is 0 Å². The van der Waals surface area contributed by atoms with Crippen LogP contribution in [0.25, 0.3) is 22.6 Å². The number of rotatable bonds is 1. The maximum atomic E-state index is 13.3. The second kappa shape index (κ2) is 4.19. The zero-order valence-corrected chi connectivity index (χ0v) is 11.1. The van der Waals surface area contributed by atoms with Crippen LogP contribution in [0.2, 0.25) is 0 Å². The molecular formula is C16H14FNO. The molecule has 0 unspecified atom stereocenters. The van der Waals surface area contributed by atoms with Crippen LogP contribution in [0.15, 0.2) is 34.7 Å². The Bertz CT molecular complexity index is 774. The van der Waals surface area contributed by atoms with E-state index in [1.165, 1.54) is 6.07 Å². The molecule has 0 spiro atoms. The van der Waals surface area contributed by atoms with E-state index in [1.54, 1.807) is 19.1 Å². The predicted octanol–water partition coefficient (Wildman–Crippen LogP) is 4.56. The van der Waals surface area contributed by atoms with Crippen molar-refractivity contribution in [2.24, 2.45) is 0 Å². The molecule has 0 aliphatic carbocycles. The molecule has 3 heteroatoms. The molecule has 1 heterocycles. The van der Waals surface area contributed by atoms with E-state index in [0.717, 1.165) is 27.8 Å². The van der Waals surface area contributed by atoms with Gasteiger partial charge in [-0.15, -0.1) is 0 Å². The van der Waals surface area contributed by atoms with E-state index in [1.807, 2.05) is 19.9 Å². The van der Waals surface area contributed by atoms with Gasteiger partial charge in [0.15, 0.2) is 5.58 Å². The molecule has 0 amide bonds. The van der Waals surface area contributed by atoms with Gasteiger partial charge in [0, 0.05) is 5.56 Å². The summed E-state index contributed by atoms with van der Waals surface area (Å²) in [7, 11) is 0. The third-order valence-electron chi connectivity index (χ3n) is 3.22. The number of benzene rings is 2. The number of halogens is 1. The van der Waals surface area contributed by atoms with E-state index in [-0.39, 0.29) is 5.82 Å². The lowest BCUT2D eigenvalue weighted by molar-refractivity contribution is 0.610. The summed E-state index contributed by atoms with van der Waals surface area (Å²) in [5, 5.41) is 0. The first-order valence-electron chi connectivity index (χ1n) is 6.19. The molecule has 0 atom stereocenters. The maximum Gasteiger partial charge on any atom is 0.227 e. The number of fused-ring (bicyclic) bond motifs is 1. The quantitative estimate of drug-likeness (QED) is 0.637. The zero-order valence-electron chi connectivity index (χ0n) is 11.1. The van der Waals surface area contributed by atoms with Gasteiger partial charge in [-0.05, 0) is 61.7 Å². The summed E-state index contributed by atoms with van der Waals surface area (Å²) in [5.74, 6) is 0.318. The van der Waals surface area contributed by atoms with Gasteiger partial charge >= 0.3 is 0 Å². The van der Waals surface area contributed by atoms with Crippen molar-refractivity contribution in [3.05, 3.63) is 52.8 Å². The van der Waals surface area contributed by atoms with Crippen LogP contribution in [-0.2, 0) is 0 Å². The summed E-state index contributed by atoms with van der Waals surface area (Å²) in [6.45, 7) is 5.76. The van der Waals surface area contributed by atoms with Crippen molar-refractivity contribution >= 4 is 11.1 Å². The fraction of sp³-hybridized carbons (Fsp3) is 0.188. The minimum Gasteiger partial charge on any atom is -0.436 e.